The van der Waals surface area contributed by atoms with Crippen LogP contribution in [0.15, 0.2) is 36.7 Å². The number of hydrogen-bond acceptors (Lipinski definition) is 6. The lowest BCUT2D eigenvalue weighted by atomic mass is 10.0. The van der Waals surface area contributed by atoms with Crippen molar-refractivity contribution in [3.63, 3.8) is 0 Å². The minimum Gasteiger partial charge on any atom is -0.491 e. The van der Waals surface area contributed by atoms with Crippen LogP contribution in [-0.4, -0.2) is 39.3 Å². The van der Waals surface area contributed by atoms with E-state index in [0.717, 1.165) is 12.8 Å². The van der Waals surface area contributed by atoms with E-state index in [-0.39, 0.29) is 17.8 Å². The van der Waals surface area contributed by atoms with Gasteiger partial charge in [-0.1, -0.05) is 0 Å². The topological polar surface area (TPSA) is 81.0 Å². The molecule has 9 heteroatoms. The molecule has 1 atom stereocenters. The summed E-state index contributed by atoms with van der Waals surface area (Å²) in [6.07, 6.45) is 5.58. The summed E-state index contributed by atoms with van der Waals surface area (Å²) in [5, 5.41) is 8.98. The van der Waals surface area contributed by atoms with Gasteiger partial charge in [0, 0.05) is 24.2 Å². The summed E-state index contributed by atoms with van der Waals surface area (Å²) in [6.45, 7) is 0.796. The number of halogens is 1. The Hall–Kier alpha value is -3.20. The van der Waals surface area contributed by atoms with Crippen molar-refractivity contribution in [2.75, 3.05) is 18.3 Å². The Morgan fingerprint density at radius 3 is 3.03 bits per heavy atom. The summed E-state index contributed by atoms with van der Waals surface area (Å²) < 4.78 is 21.8. The zero-order valence-electron chi connectivity index (χ0n) is 15.5. The quantitative estimate of drug-likeness (QED) is 0.630. The number of fused-ring (bicyclic) bond motifs is 5. The molecular weight excluding hydrogens is 377 g/mol. The van der Waals surface area contributed by atoms with Crippen molar-refractivity contribution in [1.29, 1.82) is 0 Å². The molecule has 6 rings (SSSR count). The van der Waals surface area contributed by atoms with Crippen LogP contribution in [0.3, 0.4) is 0 Å². The van der Waals surface area contributed by atoms with E-state index in [0.29, 0.717) is 48.0 Å². The summed E-state index contributed by atoms with van der Waals surface area (Å²) in [6, 6.07) is 6.03. The molecule has 1 aliphatic carbocycles. The predicted molar refractivity (Wildman–Crippen MR) is 100 cm³/mol. The second-order valence-electron chi connectivity index (χ2n) is 7.78. The highest BCUT2D eigenvalue weighted by Gasteiger charge is 2.46. The van der Waals surface area contributed by atoms with Crippen LogP contribution >= 0.6 is 0 Å². The van der Waals surface area contributed by atoms with Crippen LogP contribution in [0, 0.1) is 5.82 Å². The lowest BCUT2D eigenvalue weighted by Gasteiger charge is -2.26. The lowest BCUT2D eigenvalue weighted by Crippen LogP contribution is -2.41. The van der Waals surface area contributed by atoms with Crippen LogP contribution < -0.4 is 15.1 Å². The van der Waals surface area contributed by atoms with Gasteiger partial charge in [0.15, 0.2) is 11.5 Å². The number of carbonyl (C=O) groups is 1. The number of rotatable bonds is 0. The number of hydroxylamine groups is 1. The van der Waals surface area contributed by atoms with Gasteiger partial charge in [-0.15, -0.1) is 0 Å². The number of aromatic nitrogens is 3. The van der Waals surface area contributed by atoms with Gasteiger partial charge < -0.3 is 10.1 Å². The van der Waals surface area contributed by atoms with Gasteiger partial charge in [0.2, 0.25) is 0 Å². The fourth-order valence-electron chi connectivity index (χ4n) is 4.01. The molecule has 1 saturated carbocycles. The summed E-state index contributed by atoms with van der Waals surface area (Å²) in [5.41, 5.74) is 1.13. The lowest BCUT2D eigenvalue weighted by molar-refractivity contribution is 0.0914. The molecule has 1 N–H and O–H groups in total. The first-order chi connectivity index (χ1) is 14.1. The van der Waals surface area contributed by atoms with Crippen LogP contribution in [0.2, 0.25) is 0 Å². The maximum absolute atomic E-state index is 14.1. The van der Waals surface area contributed by atoms with Crippen molar-refractivity contribution in [3.05, 3.63) is 53.6 Å². The molecule has 4 heterocycles. The second-order valence-corrected chi connectivity index (χ2v) is 7.78. The van der Waals surface area contributed by atoms with Crippen LogP contribution in [0.5, 0.6) is 5.75 Å². The Balaban J connectivity index is 1.54. The first-order valence-electron chi connectivity index (χ1n) is 9.63. The molecule has 8 nitrogen and oxygen atoms in total. The van der Waals surface area contributed by atoms with E-state index in [1.54, 1.807) is 27.9 Å². The summed E-state index contributed by atoms with van der Waals surface area (Å²) in [7, 11) is 0. The standard InChI is InChI=1S/C20H18FN5O3/c21-12-1-2-16-13(9-12)15-4-8-29-26(15)17-3-7-25-18(23-17)14(10-22-25)19(27)24-20(5-6-20)11-28-16/h1-3,7,9-10,15H,4-6,8,11H2,(H,24,27)/t15-/m0/s1. The number of ether oxygens (including phenoxy) is 1. The summed E-state index contributed by atoms with van der Waals surface area (Å²) >= 11 is 0. The maximum atomic E-state index is 14.1. The van der Waals surface area contributed by atoms with Gasteiger partial charge in [0.25, 0.3) is 5.91 Å². The minimum atomic E-state index is -0.422. The highest BCUT2D eigenvalue weighted by atomic mass is 19.1. The number of nitrogens with one attached hydrogen (secondary N) is 1. The minimum absolute atomic E-state index is 0.233. The molecule has 1 spiro atoms. The van der Waals surface area contributed by atoms with Crippen molar-refractivity contribution >= 4 is 17.4 Å². The Morgan fingerprint density at radius 1 is 1.28 bits per heavy atom. The molecule has 1 amide bonds. The highest BCUT2D eigenvalue weighted by Crippen LogP contribution is 2.41. The average Bonchev–Trinajstić information content (AvgIpc) is 3.14. The Kier molecular flexibility index (Phi) is 3.40. The zero-order valence-corrected chi connectivity index (χ0v) is 15.5. The van der Waals surface area contributed by atoms with Gasteiger partial charge in [-0.05, 0) is 31.0 Å². The SMILES string of the molecule is O=C1NC2(CC2)COc2ccc(F)cc2[C@@H]2CCON2c2ccn3ncc1c3n2. The normalized spacial score (nSPS) is 22.3. The number of hydrogen-bond donors (Lipinski definition) is 1. The van der Waals surface area contributed by atoms with Gasteiger partial charge in [-0.2, -0.15) is 5.10 Å². The van der Waals surface area contributed by atoms with Gasteiger partial charge >= 0.3 is 0 Å². The molecule has 1 aromatic carbocycles. The monoisotopic (exact) mass is 395 g/mol. The third-order valence-electron chi connectivity index (χ3n) is 5.80. The van der Waals surface area contributed by atoms with Crippen LogP contribution in [0.1, 0.15) is 41.2 Å². The number of carbonyl (C=O) groups excluding carboxylic acids is 1. The molecule has 2 bridgehead atoms. The van der Waals surface area contributed by atoms with E-state index in [9.17, 15) is 9.18 Å². The van der Waals surface area contributed by atoms with Crippen molar-refractivity contribution < 1.29 is 18.8 Å². The van der Waals surface area contributed by atoms with E-state index in [4.69, 9.17) is 9.57 Å². The zero-order chi connectivity index (χ0) is 19.6. The maximum Gasteiger partial charge on any atom is 0.257 e. The first kappa shape index (κ1) is 16.7. The fourth-order valence-corrected chi connectivity index (χ4v) is 4.01. The largest absolute Gasteiger partial charge is 0.491 e. The Labute approximate surface area is 165 Å². The summed E-state index contributed by atoms with van der Waals surface area (Å²) in [4.78, 5) is 23.4. The third-order valence-corrected chi connectivity index (χ3v) is 5.80. The first-order valence-corrected chi connectivity index (χ1v) is 9.63. The van der Waals surface area contributed by atoms with E-state index in [1.807, 2.05) is 0 Å². The van der Waals surface area contributed by atoms with E-state index in [1.165, 1.54) is 18.3 Å². The fraction of sp³-hybridized carbons (Fsp3) is 0.350. The number of nitrogens with zero attached hydrogens (tertiary/aromatic N) is 4. The number of amides is 1. The summed E-state index contributed by atoms with van der Waals surface area (Å²) in [5.74, 6) is 0.559. The molecule has 0 radical (unpaired) electrons. The molecular formula is C20H18FN5O3. The molecule has 2 fully saturated rings. The van der Waals surface area contributed by atoms with Crippen molar-refractivity contribution in [1.82, 2.24) is 19.9 Å². The van der Waals surface area contributed by atoms with Gasteiger partial charge in [-0.25, -0.2) is 19.0 Å². The predicted octanol–water partition coefficient (Wildman–Crippen LogP) is 2.41. The molecule has 2 aromatic heterocycles. The smallest absolute Gasteiger partial charge is 0.257 e. The van der Waals surface area contributed by atoms with Gasteiger partial charge in [0.1, 0.15) is 23.7 Å². The van der Waals surface area contributed by atoms with Crippen molar-refractivity contribution in [3.8, 4) is 5.75 Å². The van der Waals surface area contributed by atoms with E-state index >= 15 is 0 Å². The molecule has 3 aliphatic rings. The van der Waals surface area contributed by atoms with Crippen LogP contribution in [-0.2, 0) is 4.84 Å². The molecule has 148 valence electrons. The average molecular weight is 395 g/mol. The van der Waals surface area contributed by atoms with Gasteiger partial charge in [0.05, 0.1) is 24.4 Å². The van der Waals surface area contributed by atoms with Crippen LogP contribution in [0.4, 0.5) is 10.2 Å². The number of anilines is 1. The Morgan fingerprint density at radius 2 is 2.17 bits per heavy atom. The van der Waals surface area contributed by atoms with Crippen LogP contribution in [0.25, 0.3) is 5.65 Å². The second kappa shape index (κ2) is 5.90. The molecule has 3 aromatic rings. The number of benzene rings is 1. The third kappa shape index (κ3) is 2.65. The van der Waals surface area contributed by atoms with E-state index < -0.39 is 5.54 Å². The Bertz CT molecular complexity index is 1140. The highest BCUT2D eigenvalue weighted by molar-refractivity contribution is 6.00. The molecule has 2 aliphatic heterocycles. The van der Waals surface area contributed by atoms with Crippen molar-refractivity contribution in [2.24, 2.45) is 0 Å². The van der Waals surface area contributed by atoms with E-state index in [2.05, 4.69) is 15.4 Å². The molecule has 29 heavy (non-hydrogen) atoms. The van der Waals surface area contributed by atoms with Crippen molar-refractivity contribution in [2.45, 2.75) is 30.8 Å². The van der Waals surface area contributed by atoms with Gasteiger partial charge in [-0.3, -0.25) is 9.63 Å². The molecule has 1 saturated heterocycles. The molecule has 0 unspecified atom stereocenters.